The molecule has 0 saturated carbocycles. The van der Waals surface area contributed by atoms with Gasteiger partial charge in [0.1, 0.15) is 11.6 Å². The molecule has 5 nitrogen and oxygen atoms in total. The molecule has 0 bridgehead atoms. The molecule has 0 N–H and O–H groups in total. The zero-order valence-corrected chi connectivity index (χ0v) is 13.8. The minimum atomic E-state index is -0.412. The second-order valence-corrected chi connectivity index (χ2v) is 6.07. The van der Waals surface area contributed by atoms with Gasteiger partial charge in [-0.05, 0) is 25.1 Å². The van der Waals surface area contributed by atoms with E-state index in [1.807, 2.05) is 41.9 Å². The first-order chi connectivity index (χ1) is 12.1. The fourth-order valence-electron chi connectivity index (χ4n) is 3.14. The number of aromatic nitrogens is 3. The SMILES string of the molecule is C[C@H]1c2nc(-c3ccccc3)nn2CCN1C(=O)c1cccc(F)c1. The van der Waals surface area contributed by atoms with Crippen LogP contribution in [0.3, 0.4) is 0 Å². The number of rotatable bonds is 2. The molecule has 0 radical (unpaired) electrons. The summed E-state index contributed by atoms with van der Waals surface area (Å²) in [5, 5.41) is 4.56. The molecule has 25 heavy (non-hydrogen) atoms. The Hall–Kier alpha value is -3.02. The first-order valence-corrected chi connectivity index (χ1v) is 8.20. The smallest absolute Gasteiger partial charge is 0.254 e. The fraction of sp³-hybridized carbons (Fsp3) is 0.211. The standard InChI is InChI=1S/C19H17FN4O/c1-13-18-21-17(14-6-3-2-4-7-14)22-24(18)11-10-23(13)19(25)15-8-5-9-16(20)12-15/h2-9,12-13H,10-11H2,1H3/t13-/m0/s1. The normalized spacial score (nSPS) is 16.6. The number of fused-ring (bicyclic) bond motifs is 1. The van der Waals surface area contributed by atoms with Gasteiger partial charge in [0.2, 0.25) is 0 Å². The van der Waals surface area contributed by atoms with Gasteiger partial charge in [0.15, 0.2) is 5.82 Å². The van der Waals surface area contributed by atoms with E-state index in [1.54, 1.807) is 17.0 Å². The number of carbonyl (C=O) groups is 1. The Kier molecular flexibility index (Phi) is 3.80. The number of hydrogen-bond acceptors (Lipinski definition) is 3. The van der Waals surface area contributed by atoms with Crippen LogP contribution in [0.5, 0.6) is 0 Å². The number of nitrogens with zero attached hydrogens (tertiary/aromatic N) is 4. The van der Waals surface area contributed by atoms with Crippen LogP contribution < -0.4 is 0 Å². The Labute approximate surface area is 144 Å². The zero-order valence-electron chi connectivity index (χ0n) is 13.8. The summed E-state index contributed by atoms with van der Waals surface area (Å²) in [5.74, 6) is 0.796. The van der Waals surface area contributed by atoms with E-state index in [4.69, 9.17) is 0 Å². The van der Waals surface area contributed by atoms with Crippen LogP contribution in [0.1, 0.15) is 29.1 Å². The molecule has 2 aromatic carbocycles. The number of benzene rings is 2. The van der Waals surface area contributed by atoms with E-state index in [0.717, 1.165) is 11.4 Å². The maximum Gasteiger partial charge on any atom is 0.254 e. The third kappa shape index (κ3) is 2.80. The monoisotopic (exact) mass is 336 g/mol. The molecule has 2 heterocycles. The fourth-order valence-corrected chi connectivity index (χ4v) is 3.14. The van der Waals surface area contributed by atoms with Crippen molar-refractivity contribution in [2.75, 3.05) is 6.54 Å². The number of halogens is 1. The highest BCUT2D eigenvalue weighted by Crippen LogP contribution is 2.27. The van der Waals surface area contributed by atoms with Crippen LogP contribution in [-0.4, -0.2) is 32.1 Å². The second-order valence-electron chi connectivity index (χ2n) is 6.07. The second kappa shape index (κ2) is 6.12. The van der Waals surface area contributed by atoms with Gasteiger partial charge in [-0.15, -0.1) is 0 Å². The molecule has 1 amide bonds. The number of amides is 1. The molecular weight excluding hydrogens is 319 g/mol. The van der Waals surface area contributed by atoms with E-state index in [9.17, 15) is 9.18 Å². The highest BCUT2D eigenvalue weighted by Gasteiger charge is 2.31. The maximum absolute atomic E-state index is 13.4. The van der Waals surface area contributed by atoms with Crippen molar-refractivity contribution in [3.05, 3.63) is 71.8 Å². The average Bonchev–Trinajstić information content (AvgIpc) is 3.08. The predicted molar refractivity (Wildman–Crippen MR) is 91.3 cm³/mol. The van der Waals surface area contributed by atoms with Gasteiger partial charge >= 0.3 is 0 Å². The zero-order chi connectivity index (χ0) is 17.4. The lowest BCUT2D eigenvalue weighted by atomic mass is 10.1. The van der Waals surface area contributed by atoms with Crippen LogP contribution in [0.2, 0.25) is 0 Å². The molecule has 1 aliphatic heterocycles. The number of carbonyl (C=O) groups excluding carboxylic acids is 1. The van der Waals surface area contributed by atoms with Crippen molar-refractivity contribution >= 4 is 5.91 Å². The van der Waals surface area contributed by atoms with Crippen LogP contribution >= 0.6 is 0 Å². The molecule has 0 saturated heterocycles. The molecule has 0 unspecified atom stereocenters. The summed E-state index contributed by atoms with van der Waals surface area (Å²) < 4.78 is 15.3. The molecule has 6 heteroatoms. The first kappa shape index (κ1) is 15.5. The van der Waals surface area contributed by atoms with Crippen molar-refractivity contribution in [1.29, 1.82) is 0 Å². The Morgan fingerprint density at radius 2 is 1.92 bits per heavy atom. The highest BCUT2D eigenvalue weighted by atomic mass is 19.1. The van der Waals surface area contributed by atoms with Gasteiger partial charge in [0, 0.05) is 17.7 Å². The molecule has 0 aliphatic carbocycles. The van der Waals surface area contributed by atoms with Gasteiger partial charge in [-0.1, -0.05) is 36.4 Å². The molecule has 126 valence electrons. The number of hydrogen-bond donors (Lipinski definition) is 0. The van der Waals surface area contributed by atoms with Crippen molar-refractivity contribution in [2.45, 2.75) is 19.5 Å². The minimum absolute atomic E-state index is 0.192. The van der Waals surface area contributed by atoms with Gasteiger partial charge in [-0.25, -0.2) is 14.1 Å². The average molecular weight is 336 g/mol. The van der Waals surface area contributed by atoms with E-state index >= 15 is 0 Å². The Morgan fingerprint density at radius 1 is 1.12 bits per heavy atom. The molecule has 1 aromatic heterocycles. The predicted octanol–water partition coefficient (Wildman–Crippen LogP) is 3.30. The summed E-state index contributed by atoms with van der Waals surface area (Å²) in [5.41, 5.74) is 1.29. The molecule has 0 fully saturated rings. The lowest BCUT2D eigenvalue weighted by molar-refractivity contribution is 0.0630. The summed E-state index contributed by atoms with van der Waals surface area (Å²) in [6, 6.07) is 15.3. The van der Waals surface area contributed by atoms with Crippen LogP contribution in [0.25, 0.3) is 11.4 Å². The summed E-state index contributed by atoms with van der Waals surface area (Å²) in [6.45, 7) is 3.01. The van der Waals surface area contributed by atoms with E-state index < -0.39 is 5.82 Å². The van der Waals surface area contributed by atoms with Crippen LogP contribution in [0.4, 0.5) is 4.39 Å². The van der Waals surface area contributed by atoms with Gasteiger partial charge in [-0.3, -0.25) is 4.79 Å². The van der Waals surface area contributed by atoms with Gasteiger partial charge in [0.25, 0.3) is 5.91 Å². The third-order valence-electron chi connectivity index (χ3n) is 4.46. The molecule has 4 rings (SSSR count). The van der Waals surface area contributed by atoms with Crippen molar-refractivity contribution in [2.24, 2.45) is 0 Å². The van der Waals surface area contributed by atoms with E-state index in [1.165, 1.54) is 12.1 Å². The van der Waals surface area contributed by atoms with Crippen molar-refractivity contribution in [3.8, 4) is 11.4 Å². The third-order valence-corrected chi connectivity index (χ3v) is 4.46. The quantitative estimate of drug-likeness (QED) is 0.721. The molecule has 1 aliphatic rings. The molecular formula is C19H17FN4O. The van der Waals surface area contributed by atoms with Crippen LogP contribution in [0.15, 0.2) is 54.6 Å². The summed E-state index contributed by atoms with van der Waals surface area (Å²) in [7, 11) is 0. The molecule has 0 spiro atoms. The minimum Gasteiger partial charge on any atom is -0.327 e. The summed E-state index contributed by atoms with van der Waals surface area (Å²) >= 11 is 0. The van der Waals surface area contributed by atoms with Crippen LogP contribution in [-0.2, 0) is 6.54 Å². The Morgan fingerprint density at radius 3 is 2.68 bits per heavy atom. The van der Waals surface area contributed by atoms with Crippen LogP contribution in [0, 0.1) is 5.82 Å². The summed E-state index contributed by atoms with van der Waals surface area (Å²) in [6.07, 6.45) is 0. The Balaban J connectivity index is 1.64. The highest BCUT2D eigenvalue weighted by molar-refractivity contribution is 5.94. The topological polar surface area (TPSA) is 51.0 Å². The summed E-state index contributed by atoms with van der Waals surface area (Å²) in [4.78, 5) is 19.1. The van der Waals surface area contributed by atoms with Crippen molar-refractivity contribution < 1.29 is 9.18 Å². The Bertz CT molecular complexity index is 922. The van der Waals surface area contributed by atoms with Gasteiger partial charge in [-0.2, -0.15) is 5.10 Å². The first-order valence-electron chi connectivity index (χ1n) is 8.20. The largest absolute Gasteiger partial charge is 0.327 e. The lowest BCUT2D eigenvalue weighted by Gasteiger charge is -2.33. The maximum atomic E-state index is 13.4. The van der Waals surface area contributed by atoms with Crippen molar-refractivity contribution in [3.63, 3.8) is 0 Å². The lowest BCUT2D eigenvalue weighted by Crippen LogP contribution is -2.41. The van der Waals surface area contributed by atoms with E-state index in [2.05, 4.69) is 10.1 Å². The van der Waals surface area contributed by atoms with E-state index in [-0.39, 0.29) is 11.9 Å². The van der Waals surface area contributed by atoms with Gasteiger partial charge in [0.05, 0.1) is 12.6 Å². The van der Waals surface area contributed by atoms with Crippen molar-refractivity contribution in [1.82, 2.24) is 19.7 Å². The van der Waals surface area contributed by atoms with E-state index in [0.29, 0.717) is 24.5 Å². The molecule has 3 aromatic rings. The molecule has 1 atom stereocenters. The van der Waals surface area contributed by atoms with Gasteiger partial charge < -0.3 is 4.90 Å².